The van der Waals surface area contributed by atoms with Crippen molar-refractivity contribution in [2.45, 2.75) is 38.4 Å². The Labute approximate surface area is 110 Å². The molecule has 1 aliphatic rings. The van der Waals surface area contributed by atoms with E-state index in [2.05, 4.69) is 13.0 Å². The van der Waals surface area contributed by atoms with E-state index in [4.69, 9.17) is 9.47 Å². The van der Waals surface area contributed by atoms with Crippen LogP contribution >= 0.6 is 0 Å². The van der Waals surface area contributed by atoms with E-state index in [9.17, 15) is 10.2 Å². The predicted octanol–water partition coefficient (Wildman–Crippen LogP) is 1.36. The summed E-state index contributed by atoms with van der Waals surface area (Å²) < 4.78 is 10.3. The molecule has 4 heteroatoms. The topological polar surface area (TPSA) is 58.9 Å². The second-order valence-electron chi connectivity index (χ2n) is 5.02. The van der Waals surface area contributed by atoms with Gasteiger partial charge in [0.25, 0.3) is 0 Å². The van der Waals surface area contributed by atoms with Crippen LogP contribution < -0.4 is 0 Å². The Kier molecular flexibility index (Phi) is 6.86. The van der Waals surface area contributed by atoms with Gasteiger partial charge in [-0.05, 0) is 18.4 Å². The Bertz CT molecular complexity index is 265. The van der Waals surface area contributed by atoms with Gasteiger partial charge in [0, 0.05) is 26.1 Å². The van der Waals surface area contributed by atoms with Crippen LogP contribution in [-0.4, -0.2) is 49.9 Å². The molecule has 0 aromatic carbocycles. The number of aliphatic hydroxyl groups excluding tert-OH is 2. The average Bonchev–Trinajstić information content (AvgIpc) is 2.37. The first-order chi connectivity index (χ1) is 8.65. The zero-order valence-electron chi connectivity index (χ0n) is 11.6. The Hall–Kier alpha value is -0.420. The van der Waals surface area contributed by atoms with Gasteiger partial charge >= 0.3 is 0 Å². The molecule has 0 heterocycles. The molecule has 0 aromatic rings. The molecule has 18 heavy (non-hydrogen) atoms. The minimum absolute atomic E-state index is 0.102. The minimum Gasteiger partial charge on any atom is -0.390 e. The van der Waals surface area contributed by atoms with Crippen LogP contribution in [0.1, 0.15) is 26.2 Å². The van der Waals surface area contributed by atoms with Crippen molar-refractivity contribution in [2.24, 2.45) is 11.8 Å². The molecule has 2 N–H and O–H groups in total. The van der Waals surface area contributed by atoms with Crippen LogP contribution in [0.4, 0.5) is 0 Å². The minimum atomic E-state index is -0.762. The van der Waals surface area contributed by atoms with Gasteiger partial charge in [0.2, 0.25) is 0 Å². The van der Waals surface area contributed by atoms with E-state index in [1.54, 1.807) is 14.2 Å². The van der Waals surface area contributed by atoms with Crippen molar-refractivity contribution < 1.29 is 19.7 Å². The highest BCUT2D eigenvalue weighted by Gasteiger charge is 2.37. The van der Waals surface area contributed by atoms with Gasteiger partial charge in [-0.15, -0.1) is 0 Å². The fourth-order valence-corrected chi connectivity index (χ4v) is 2.59. The van der Waals surface area contributed by atoms with Gasteiger partial charge in [-0.1, -0.05) is 19.4 Å². The van der Waals surface area contributed by atoms with E-state index in [0.717, 1.165) is 24.8 Å². The largest absolute Gasteiger partial charge is 0.390 e. The maximum atomic E-state index is 10.2. The molecule has 0 bridgehead atoms. The third kappa shape index (κ3) is 3.79. The van der Waals surface area contributed by atoms with Crippen LogP contribution in [0, 0.1) is 11.8 Å². The maximum Gasteiger partial charge on any atom is 0.101 e. The highest BCUT2D eigenvalue weighted by Crippen LogP contribution is 2.32. The zero-order valence-corrected chi connectivity index (χ0v) is 11.6. The first-order valence-electron chi connectivity index (χ1n) is 6.70. The Balaban J connectivity index is 2.82. The molecule has 0 aromatic heterocycles. The van der Waals surface area contributed by atoms with E-state index >= 15 is 0 Å². The lowest BCUT2D eigenvalue weighted by atomic mass is 9.76. The predicted molar refractivity (Wildman–Crippen MR) is 70.4 cm³/mol. The smallest absolute Gasteiger partial charge is 0.101 e. The molecule has 4 nitrogen and oxygen atoms in total. The molecule has 106 valence electrons. The number of hydrogen-bond donors (Lipinski definition) is 2. The third-order valence-electron chi connectivity index (χ3n) is 3.66. The SMILES string of the molecule is CCCCC1=CC(COC)C(COC)C(O)C1O. The van der Waals surface area contributed by atoms with Crippen LogP contribution in [0.5, 0.6) is 0 Å². The van der Waals surface area contributed by atoms with E-state index in [-0.39, 0.29) is 11.8 Å². The van der Waals surface area contributed by atoms with Crippen molar-refractivity contribution in [3.05, 3.63) is 11.6 Å². The summed E-state index contributed by atoms with van der Waals surface area (Å²) in [6.07, 6.45) is 3.50. The quantitative estimate of drug-likeness (QED) is 0.677. The van der Waals surface area contributed by atoms with Crippen LogP contribution in [0.2, 0.25) is 0 Å². The molecule has 0 saturated carbocycles. The molecule has 1 rings (SSSR count). The van der Waals surface area contributed by atoms with Gasteiger partial charge in [0.1, 0.15) is 6.10 Å². The highest BCUT2D eigenvalue weighted by molar-refractivity contribution is 5.18. The first-order valence-corrected chi connectivity index (χ1v) is 6.70. The van der Waals surface area contributed by atoms with E-state index < -0.39 is 12.2 Å². The monoisotopic (exact) mass is 258 g/mol. The number of ether oxygens (including phenoxy) is 2. The number of aliphatic hydroxyl groups is 2. The van der Waals surface area contributed by atoms with Gasteiger partial charge in [-0.3, -0.25) is 0 Å². The van der Waals surface area contributed by atoms with E-state index in [0.29, 0.717) is 13.2 Å². The van der Waals surface area contributed by atoms with Gasteiger partial charge < -0.3 is 19.7 Å². The van der Waals surface area contributed by atoms with Crippen LogP contribution in [-0.2, 0) is 9.47 Å². The summed E-state index contributed by atoms with van der Waals surface area (Å²) >= 11 is 0. The molecule has 0 amide bonds. The summed E-state index contributed by atoms with van der Waals surface area (Å²) in [5, 5.41) is 20.3. The first kappa shape index (κ1) is 15.6. The van der Waals surface area contributed by atoms with Crippen molar-refractivity contribution in [1.82, 2.24) is 0 Å². The van der Waals surface area contributed by atoms with Crippen LogP contribution in [0.3, 0.4) is 0 Å². The second kappa shape index (κ2) is 7.89. The van der Waals surface area contributed by atoms with Gasteiger partial charge in [0.15, 0.2) is 0 Å². The van der Waals surface area contributed by atoms with Crippen molar-refractivity contribution in [2.75, 3.05) is 27.4 Å². The molecule has 0 radical (unpaired) electrons. The molecule has 0 saturated heterocycles. The van der Waals surface area contributed by atoms with Crippen molar-refractivity contribution in [3.63, 3.8) is 0 Å². The molecular formula is C14H26O4. The van der Waals surface area contributed by atoms with E-state index in [1.807, 2.05) is 0 Å². The van der Waals surface area contributed by atoms with Crippen molar-refractivity contribution in [3.8, 4) is 0 Å². The van der Waals surface area contributed by atoms with Gasteiger partial charge in [-0.25, -0.2) is 0 Å². The third-order valence-corrected chi connectivity index (χ3v) is 3.66. The lowest BCUT2D eigenvalue weighted by Gasteiger charge is -2.37. The Morgan fingerprint density at radius 2 is 1.83 bits per heavy atom. The van der Waals surface area contributed by atoms with Crippen molar-refractivity contribution in [1.29, 1.82) is 0 Å². The van der Waals surface area contributed by atoms with E-state index in [1.165, 1.54) is 0 Å². The maximum absolute atomic E-state index is 10.2. The normalized spacial score (nSPS) is 32.4. The molecule has 1 aliphatic carbocycles. The Morgan fingerprint density at radius 1 is 1.17 bits per heavy atom. The van der Waals surface area contributed by atoms with Crippen LogP contribution in [0.25, 0.3) is 0 Å². The summed E-state index contributed by atoms with van der Waals surface area (Å²) in [5.74, 6) is 0.00975. The zero-order chi connectivity index (χ0) is 13.5. The standard InChI is InChI=1S/C14H26O4/c1-4-5-6-10-7-11(8-17-2)12(9-18-3)14(16)13(10)15/h7,11-16H,4-6,8-9H2,1-3H3. The molecular weight excluding hydrogens is 232 g/mol. The molecule has 0 spiro atoms. The fourth-order valence-electron chi connectivity index (χ4n) is 2.59. The average molecular weight is 258 g/mol. The van der Waals surface area contributed by atoms with Crippen molar-refractivity contribution >= 4 is 0 Å². The molecule has 4 unspecified atom stereocenters. The number of methoxy groups -OCH3 is 2. The number of rotatable bonds is 7. The van der Waals surface area contributed by atoms with Gasteiger partial charge in [-0.2, -0.15) is 0 Å². The Morgan fingerprint density at radius 3 is 2.39 bits per heavy atom. The van der Waals surface area contributed by atoms with Gasteiger partial charge in [0.05, 0.1) is 19.3 Å². The summed E-state index contributed by atoms with van der Waals surface area (Å²) in [7, 11) is 3.26. The lowest BCUT2D eigenvalue weighted by molar-refractivity contribution is -0.0570. The summed E-state index contributed by atoms with van der Waals surface area (Å²) in [4.78, 5) is 0. The summed E-state index contributed by atoms with van der Waals surface area (Å²) in [6, 6.07) is 0. The highest BCUT2D eigenvalue weighted by atomic mass is 16.5. The summed E-state index contributed by atoms with van der Waals surface area (Å²) in [6.45, 7) is 3.10. The summed E-state index contributed by atoms with van der Waals surface area (Å²) in [5.41, 5.74) is 0.943. The molecule has 0 aliphatic heterocycles. The van der Waals surface area contributed by atoms with Crippen LogP contribution in [0.15, 0.2) is 11.6 Å². The molecule has 4 atom stereocenters. The fraction of sp³-hybridized carbons (Fsp3) is 0.857. The lowest BCUT2D eigenvalue weighted by Crippen LogP contribution is -2.45. The molecule has 0 fully saturated rings. The number of unbranched alkanes of at least 4 members (excludes halogenated alkanes) is 1. The second-order valence-corrected chi connectivity index (χ2v) is 5.02. The number of hydrogen-bond acceptors (Lipinski definition) is 4.